The molecule has 2 bridgehead atoms. The predicted molar refractivity (Wildman–Crippen MR) is 120 cm³/mol. The van der Waals surface area contributed by atoms with Crippen LogP contribution in [0.25, 0.3) is 0 Å². The number of carbonyl (C=O) groups excluding carboxylic acids is 1. The molecule has 8 heteroatoms. The van der Waals surface area contributed by atoms with Gasteiger partial charge in [0.2, 0.25) is 5.91 Å². The van der Waals surface area contributed by atoms with Crippen molar-refractivity contribution in [3.63, 3.8) is 0 Å². The maximum atomic E-state index is 12.9. The van der Waals surface area contributed by atoms with Crippen LogP contribution in [0.5, 0.6) is 0 Å². The van der Waals surface area contributed by atoms with Gasteiger partial charge in [0.25, 0.3) is 0 Å². The van der Waals surface area contributed by atoms with Crippen LogP contribution in [0.1, 0.15) is 49.3 Å². The average molecular weight is 440 g/mol. The topological polar surface area (TPSA) is 85.8 Å². The van der Waals surface area contributed by atoms with Gasteiger partial charge in [-0.25, -0.2) is 9.67 Å². The fourth-order valence-electron chi connectivity index (χ4n) is 4.88. The van der Waals surface area contributed by atoms with Crippen LogP contribution in [-0.2, 0) is 11.3 Å². The van der Waals surface area contributed by atoms with E-state index < -0.39 is 0 Å². The molecule has 4 rings (SSSR count). The zero-order valence-electron chi connectivity index (χ0n) is 17.0. The highest BCUT2D eigenvalue weighted by Gasteiger charge is 2.40. The molecule has 0 spiro atoms. The number of halogens is 2. The lowest BCUT2D eigenvalue weighted by molar-refractivity contribution is -0.122. The number of aryl methyl sites for hydroxylation is 2. The minimum Gasteiger partial charge on any atom is -0.327 e. The highest BCUT2D eigenvalue weighted by molar-refractivity contribution is 5.92. The number of aromatic nitrogens is 3. The van der Waals surface area contributed by atoms with Crippen molar-refractivity contribution >= 4 is 36.4 Å². The fraction of sp³-hybridized carbons (Fsp3) is 0.571. The Balaban J connectivity index is 0.00000150. The van der Waals surface area contributed by atoms with Crippen molar-refractivity contribution < 1.29 is 4.79 Å². The van der Waals surface area contributed by atoms with Crippen molar-refractivity contribution in [1.29, 1.82) is 0 Å². The molecule has 2 aromatic rings. The van der Waals surface area contributed by atoms with Crippen LogP contribution in [0.4, 0.5) is 5.69 Å². The second kappa shape index (κ2) is 9.92. The van der Waals surface area contributed by atoms with Gasteiger partial charge in [-0.15, -0.1) is 24.8 Å². The number of fused-ring (bicyclic) bond motifs is 2. The smallest absolute Gasteiger partial charge is 0.227 e. The summed E-state index contributed by atoms with van der Waals surface area (Å²) in [5.41, 5.74) is 8.32. The number of anilines is 1. The SMILES string of the molecule is Cc1nc(C)n(Cc2cccc(NC(=O)C3CC4CCCC(C3)C4N)c2)n1.Cl.Cl. The first-order valence-corrected chi connectivity index (χ1v) is 10.0. The molecule has 2 atom stereocenters. The zero-order chi connectivity index (χ0) is 19.0. The van der Waals surface area contributed by atoms with Crippen molar-refractivity contribution in [1.82, 2.24) is 14.8 Å². The first-order valence-electron chi connectivity index (χ1n) is 10.0. The molecule has 2 saturated carbocycles. The normalized spacial score (nSPS) is 25.5. The first-order chi connectivity index (χ1) is 13.0. The number of benzene rings is 1. The Kier molecular flexibility index (Phi) is 8.09. The van der Waals surface area contributed by atoms with E-state index in [1.165, 1.54) is 19.3 Å². The summed E-state index contributed by atoms with van der Waals surface area (Å²) >= 11 is 0. The number of carbonyl (C=O) groups is 1. The third kappa shape index (κ3) is 5.30. The monoisotopic (exact) mass is 439 g/mol. The third-order valence-corrected chi connectivity index (χ3v) is 6.27. The van der Waals surface area contributed by atoms with Gasteiger partial charge >= 0.3 is 0 Å². The average Bonchev–Trinajstić information content (AvgIpc) is 2.92. The molecular formula is C21H31Cl2N5O. The molecule has 29 heavy (non-hydrogen) atoms. The standard InChI is InChI=1S/C21H29N5O.2ClH/c1-13-23-14(2)26(25-13)12-15-5-3-8-19(9-15)24-21(27)18-10-16-6-4-7-17(11-18)20(16)22;;/h3,5,8-9,16-18,20H,4,6-7,10-12,22H2,1-2H3,(H,24,27);2*1H. The highest BCUT2D eigenvalue weighted by Crippen LogP contribution is 2.42. The molecule has 2 aliphatic carbocycles. The summed E-state index contributed by atoms with van der Waals surface area (Å²) in [5.74, 6) is 2.92. The van der Waals surface area contributed by atoms with Crippen LogP contribution in [0.2, 0.25) is 0 Å². The molecular weight excluding hydrogens is 409 g/mol. The number of hydrogen-bond acceptors (Lipinski definition) is 4. The van der Waals surface area contributed by atoms with Gasteiger partial charge in [-0.2, -0.15) is 5.10 Å². The Morgan fingerprint density at radius 2 is 1.90 bits per heavy atom. The number of amides is 1. The number of nitrogens with one attached hydrogen (secondary N) is 1. The van der Waals surface area contributed by atoms with Crippen molar-refractivity contribution in [2.75, 3.05) is 5.32 Å². The third-order valence-electron chi connectivity index (χ3n) is 6.27. The number of nitrogens with two attached hydrogens (primary N) is 1. The molecule has 0 saturated heterocycles. The number of nitrogens with zero attached hydrogens (tertiary/aromatic N) is 3. The van der Waals surface area contributed by atoms with E-state index in [2.05, 4.69) is 21.5 Å². The lowest BCUT2D eigenvalue weighted by atomic mass is 9.65. The van der Waals surface area contributed by atoms with E-state index in [4.69, 9.17) is 5.73 Å². The summed E-state index contributed by atoms with van der Waals surface area (Å²) < 4.78 is 1.89. The van der Waals surface area contributed by atoms with Crippen LogP contribution < -0.4 is 11.1 Å². The van der Waals surface area contributed by atoms with Crippen molar-refractivity contribution in [2.24, 2.45) is 23.5 Å². The first kappa shape index (κ1) is 23.6. The Morgan fingerprint density at radius 1 is 1.21 bits per heavy atom. The molecule has 2 unspecified atom stereocenters. The van der Waals surface area contributed by atoms with Gasteiger partial charge in [0.15, 0.2) is 0 Å². The van der Waals surface area contributed by atoms with Gasteiger partial charge in [-0.1, -0.05) is 18.6 Å². The molecule has 2 aliphatic rings. The van der Waals surface area contributed by atoms with E-state index >= 15 is 0 Å². The van der Waals surface area contributed by atoms with E-state index in [0.717, 1.165) is 35.7 Å². The summed E-state index contributed by atoms with van der Waals surface area (Å²) in [5, 5.41) is 7.55. The maximum Gasteiger partial charge on any atom is 0.227 e. The van der Waals surface area contributed by atoms with Crippen LogP contribution in [-0.4, -0.2) is 26.7 Å². The highest BCUT2D eigenvalue weighted by atomic mass is 35.5. The maximum absolute atomic E-state index is 12.9. The van der Waals surface area contributed by atoms with Crippen molar-refractivity contribution in [3.8, 4) is 0 Å². The predicted octanol–water partition coefficient (Wildman–Crippen LogP) is 3.88. The lowest BCUT2D eigenvalue weighted by Crippen LogP contribution is -2.48. The van der Waals surface area contributed by atoms with Gasteiger partial charge in [-0.05, 0) is 69.1 Å². The zero-order valence-corrected chi connectivity index (χ0v) is 18.6. The molecule has 1 aromatic heterocycles. The Labute approximate surface area is 184 Å². The van der Waals surface area contributed by atoms with Gasteiger partial charge in [-0.3, -0.25) is 4.79 Å². The molecule has 3 N–H and O–H groups in total. The van der Waals surface area contributed by atoms with Gasteiger partial charge in [0.05, 0.1) is 6.54 Å². The van der Waals surface area contributed by atoms with E-state index in [0.29, 0.717) is 24.4 Å². The Hall–Kier alpha value is -1.63. The van der Waals surface area contributed by atoms with Crippen LogP contribution >= 0.6 is 24.8 Å². The fourth-order valence-corrected chi connectivity index (χ4v) is 4.88. The Bertz CT molecular complexity index is 826. The van der Waals surface area contributed by atoms with Gasteiger partial charge < -0.3 is 11.1 Å². The summed E-state index contributed by atoms with van der Waals surface area (Å²) in [7, 11) is 0. The van der Waals surface area contributed by atoms with E-state index in [9.17, 15) is 4.79 Å². The van der Waals surface area contributed by atoms with E-state index in [1.807, 2.05) is 36.7 Å². The van der Waals surface area contributed by atoms with Gasteiger partial charge in [0.1, 0.15) is 11.6 Å². The largest absolute Gasteiger partial charge is 0.327 e. The molecule has 160 valence electrons. The molecule has 0 aliphatic heterocycles. The minimum atomic E-state index is 0. The molecule has 1 aromatic carbocycles. The number of hydrogen-bond donors (Lipinski definition) is 2. The molecule has 1 heterocycles. The second-order valence-electron chi connectivity index (χ2n) is 8.25. The van der Waals surface area contributed by atoms with E-state index in [-0.39, 0.29) is 36.6 Å². The quantitative estimate of drug-likeness (QED) is 0.756. The Morgan fingerprint density at radius 3 is 2.52 bits per heavy atom. The summed E-state index contributed by atoms with van der Waals surface area (Å²) in [6, 6.07) is 8.31. The van der Waals surface area contributed by atoms with Crippen molar-refractivity contribution in [2.45, 2.75) is 58.5 Å². The summed E-state index contributed by atoms with van der Waals surface area (Å²) in [6.07, 6.45) is 5.48. The molecule has 2 fully saturated rings. The summed E-state index contributed by atoms with van der Waals surface area (Å²) in [6.45, 7) is 4.50. The molecule has 6 nitrogen and oxygen atoms in total. The van der Waals surface area contributed by atoms with E-state index in [1.54, 1.807) is 0 Å². The number of rotatable bonds is 4. The van der Waals surface area contributed by atoms with Gasteiger partial charge in [0, 0.05) is 17.6 Å². The minimum absolute atomic E-state index is 0. The second-order valence-corrected chi connectivity index (χ2v) is 8.25. The van der Waals surface area contributed by atoms with Crippen LogP contribution in [0, 0.1) is 31.6 Å². The van der Waals surface area contributed by atoms with Crippen molar-refractivity contribution in [3.05, 3.63) is 41.5 Å². The summed E-state index contributed by atoms with van der Waals surface area (Å²) in [4.78, 5) is 17.2. The lowest BCUT2D eigenvalue weighted by Gasteiger charge is -2.43. The molecule has 1 amide bonds. The molecule has 0 radical (unpaired) electrons. The van der Waals surface area contributed by atoms with Crippen LogP contribution in [0.3, 0.4) is 0 Å². The van der Waals surface area contributed by atoms with Crippen LogP contribution in [0.15, 0.2) is 24.3 Å².